The van der Waals surface area contributed by atoms with Gasteiger partial charge in [-0.2, -0.15) is 13.2 Å². The van der Waals surface area contributed by atoms with Crippen LogP contribution in [0.3, 0.4) is 0 Å². The van der Waals surface area contributed by atoms with E-state index in [4.69, 9.17) is 4.42 Å². The number of aromatic nitrogens is 2. The number of rotatable bonds is 5. The van der Waals surface area contributed by atoms with Gasteiger partial charge in [-0.3, -0.25) is 0 Å². The number of urea groups is 1. The van der Waals surface area contributed by atoms with Gasteiger partial charge in [-0.05, 0) is 25.8 Å². The molecule has 0 unspecified atom stereocenters. The molecule has 1 atom stereocenters. The third-order valence-corrected chi connectivity index (χ3v) is 5.22. The Labute approximate surface area is 183 Å². The number of fused-ring (bicyclic) bond motifs is 1. The van der Waals surface area contributed by atoms with Gasteiger partial charge in [-0.15, -0.1) is 0 Å². The molecule has 0 saturated heterocycles. The molecule has 2 heterocycles. The molecule has 0 radical (unpaired) electrons. The second-order valence-corrected chi connectivity index (χ2v) is 7.69. The fourth-order valence-electron chi connectivity index (χ4n) is 3.49. The molecule has 4 N–H and O–H groups in total. The summed E-state index contributed by atoms with van der Waals surface area (Å²) in [6, 6.07) is -2.51. The van der Waals surface area contributed by atoms with Crippen molar-refractivity contribution in [3.63, 3.8) is 0 Å². The number of aliphatic hydroxyl groups excluding tert-OH is 1. The maximum Gasteiger partial charge on any atom is 0.416 e. The standard InChI is InChI=1S/C20H18F5N5O3/c1-8-13-2-9(21)3-14(22)16(13)33-15(8)17(20(23,24)25)30-19(32)29-11-6-26-18(27-7-11)28-10-4-12(31)5-10/h2-3,6-7,10,12,17,31H,4-5H2,1H3,(H,26,27,28)(H2,29,30,32)/t10?,12?,17-/m1/s1. The highest BCUT2D eigenvalue weighted by atomic mass is 19.4. The van der Waals surface area contributed by atoms with Crippen LogP contribution in [0, 0.1) is 18.6 Å². The average molecular weight is 471 g/mol. The molecule has 176 valence electrons. The Balaban J connectivity index is 1.49. The number of amides is 2. The molecule has 0 bridgehead atoms. The largest absolute Gasteiger partial charge is 0.455 e. The Morgan fingerprint density at radius 3 is 2.48 bits per heavy atom. The Bertz CT molecular complexity index is 1180. The molecule has 1 aliphatic carbocycles. The van der Waals surface area contributed by atoms with Crippen LogP contribution < -0.4 is 16.0 Å². The van der Waals surface area contributed by atoms with E-state index in [-0.39, 0.29) is 34.7 Å². The van der Waals surface area contributed by atoms with Crippen LogP contribution in [0.4, 0.5) is 38.4 Å². The van der Waals surface area contributed by atoms with Gasteiger partial charge in [-0.1, -0.05) is 0 Å². The Hall–Kier alpha value is -3.48. The smallest absolute Gasteiger partial charge is 0.416 e. The molecule has 1 saturated carbocycles. The summed E-state index contributed by atoms with van der Waals surface area (Å²) in [6.07, 6.45) is -1.90. The van der Waals surface area contributed by atoms with Crippen LogP contribution in [0.5, 0.6) is 0 Å². The van der Waals surface area contributed by atoms with E-state index in [1.165, 1.54) is 19.3 Å². The van der Waals surface area contributed by atoms with Gasteiger partial charge in [0.2, 0.25) is 5.95 Å². The van der Waals surface area contributed by atoms with Crippen LogP contribution in [0.25, 0.3) is 11.0 Å². The van der Waals surface area contributed by atoms with Crippen LogP contribution in [0.15, 0.2) is 28.9 Å². The van der Waals surface area contributed by atoms with Crippen molar-refractivity contribution in [2.45, 2.75) is 44.1 Å². The van der Waals surface area contributed by atoms with E-state index in [0.717, 1.165) is 6.07 Å². The van der Waals surface area contributed by atoms with E-state index in [0.29, 0.717) is 18.9 Å². The number of aliphatic hydroxyl groups is 1. The lowest BCUT2D eigenvalue weighted by Gasteiger charge is -2.31. The van der Waals surface area contributed by atoms with Gasteiger partial charge in [0.1, 0.15) is 11.6 Å². The lowest BCUT2D eigenvalue weighted by atomic mass is 9.90. The van der Waals surface area contributed by atoms with Crippen molar-refractivity contribution in [1.29, 1.82) is 0 Å². The zero-order valence-corrected chi connectivity index (χ0v) is 17.0. The average Bonchev–Trinajstić information content (AvgIpc) is 3.02. The van der Waals surface area contributed by atoms with Gasteiger partial charge in [0.25, 0.3) is 0 Å². The number of hydrogen-bond acceptors (Lipinski definition) is 6. The van der Waals surface area contributed by atoms with Gasteiger partial charge in [0.05, 0.1) is 24.2 Å². The minimum atomic E-state index is -5.00. The summed E-state index contributed by atoms with van der Waals surface area (Å²) in [5.74, 6) is -2.67. The molecule has 8 nitrogen and oxygen atoms in total. The van der Waals surface area contributed by atoms with E-state index in [9.17, 15) is 31.9 Å². The van der Waals surface area contributed by atoms with Crippen molar-refractivity contribution in [1.82, 2.24) is 15.3 Å². The van der Waals surface area contributed by atoms with Crippen molar-refractivity contribution < 1.29 is 36.3 Å². The maximum atomic E-state index is 14.0. The molecular formula is C20H18F5N5O3. The number of carbonyl (C=O) groups is 1. The first-order valence-corrected chi connectivity index (χ1v) is 9.80. The number of carbonyl (C=O) groups excluding carboxylic acids is 1. The number of nitrogens with zero attached hydrogens (tertiary/aromatic N) is 2. The topological polar surface area (TPSA) is 112 Å². The third-order valence-electron chi connectivity index (χ3n) is 5.22. The molecular weight excluding hydrogens is 453 g/mol. The predicted octanol–water partition coefficient (Wildman–Crippen LogP) is 4.17. The lowest BCUT2D eigenvalue weighted by Crippen LogP contribution is -2.40. The summed E-state index contributed by atoms with van der Waals surface area (Å²) in [7, 11) is 0. The number of furan rings is 1. The van der Waals surface area contributed by atoms with Crippen molar-refractivity contribution >= 4 is 28.6 Å². The van der Waals surface area contributed by atoms with E-state index in [1.54, 1.807) is 5.32 Å². The van der Waals surface area contributed by atoms with Crippen LogP contribution in [-0.4, -0.2) is 39.4 Å². The van der Waals surface area contributed by atoms with Gasteiger partial charge in [0.15, 0.2) is 17.4 Å². The fourth-order valence-corrected chi connectivity index (χ4v) is 3.49. The summed E-state index contributed by atoms with van der Waals surface area (Å²) in [4.78, 5) is 20.2. The highest BCUT2D eigenvalue weighted by Gasteiger charge is 2.45. The first-order chi connectivity index (χ1) is 15.5. The SMILES string of the molecule is Cc1c([C@@H](NC(=O)Nc2cnc(NC3CC(O)C3)nc2)C(F)(F)F)oc2c(F)cc(F)cc12. The summed E-state index contributed by atoms with van der Waals surface area (Å²) in [5.41, 5.74) is -0.691. The first kappa shape index (κ1) is 22.7. The van der Waals surface area contributed by atoms with E-state index in [2.05, 4.69) is 20.6 Å². The molecule has 4 rings (SSSR count). The number of benzene rings is 1. The van der Waals surface area contributed by atoms with Crippen LogP contribution in [0.1, 0.15) is 30.2 Å². The van der Waals surface area contributed by atoms with Crippen molar-refractivity contribution in [2.24, 2.45) is 0 Å². The van der Waals surface area contributed by atoms with E-state index in [1.807, 2.05) is 0 Å². The summed E-state index contributed by atoms with van der Waals surface area (Å²) in [5, 5.41) is 16.0. The summed E-state index contributed by atoms with van der Waals surface area (Å²) < 4.78 is 73.6. The molecule has 1 aromatic carbocycles. The van der Waals surface area contributed by atoms with Crippen LogP contribution in [0.2, 0.25) is 0 Å². The molecule has 1 aliphatic rings. The minimum absolute atomic E-state index is 0.0139. The van der Waals surface area contributed by atoms with Crippen molar-refractivity contribution in [2.75, 3.05) is 10.6 Å². The quantitative estimate of drug-likeness (QED) is 0.416. The van der Waals surface area contributed by atoms with Crippen LogP contribution >= 0.6 is 0 Å². The molecule has 3 aromatic rings. The highest BCUT2D eigenvalue weighted by Crippen LogP contribution is 2.39. The van der Waals surface area contributed by atoms with Gasteiger partial charge in [0, 0.05) is 23.1 Å². The van der Waals surface area contributed by atoms with E-state index >= 15 is 0 Å². The van der Waals surface area contributed by atoms with Crippen molar-refractivity contribution in [3.8, 4) is 0 Å². The maximum absolute atomic E-state index is 14.0. The predicted molar refractivity (Wildman–Crippen MR) is 107 cm³/mol. The number of nitrogens with one attached hydrogen (secondary N) is 3. The third kappa shape index (κ3) is 4.82. The molecule has 2 aromatic heterocycles. The lowest BCUT2D eigenvalue weighted by molar-refractivity contribution is -0.158. The number of anilines is 2. The Kier molecular flexibility index (Phi) is 5.82. The van der Waals surface area contributed by atoms with Crippen molar-refractivity contribution in [3.05, 3.63) is 47.5 Å². The molecule has 2 amide bonds. The fraction of sp³-hybridized carbons (Fsp3) is 0.350. The Morgan fingerprint density at radius 1 is 1.21 bits per heavy atom. The van der Waals surface area contributed by atoms with Gasteiger partial charge in [-0.25, -0.2) is 23.5 Å². The number of alkyl halides is 3. The van der Waals surface area contributed by atoms with E-state index < -0.39 is 41.2 Å². The molecule has 0 aliphatic heterocycles. The second-order valence-electron chi connectivity index (χ2n) is 7.69. The van der Waals surface area contributed by atoms with Crippen LogP contribution in [-0.2, 0) is 0 Å². The number of halogens is 5. The second kappa shape index (κ2) is 8.46. The number of aryl methyl sites for hydroxylation is 1. The summed E-state index contributed by atoms with van der Waals surface area (Å²) in [6.45, 7) is 1.21. The van der Waals surface area contributed by atoms with Gasteiger partial charge >= 0.3 is 12.2 Å². The highest BCUT2D eigenvalue weighted by molar-refractivity contribution is 5.89. The zero-order valence-electron chi connectivity index (χ0n) is 17.0. The number of hydrogen-bond donors (Lipinski definition) is 4. The Morgan fingerprint density at radius 2 is 1.88 bits per heavy atom. The molecule has 1 fully saturated rings. The summed E-state index contributed by atoms with van der Waals surface area (Å²) >= 11 is 0. The zero-order chi connectivity index (χ0) is 23.9. The molecule has 33 heavy (non-hydrogen) atoms. The van der Waals surface area contributed by atoms with Gasteiger partial charge < -0.3 is 25.5 Å². The minimum Gasteiger partial charge on any atom is -0.455 e. The molecule has 0 spiro atoms. The molecule has 13 heteroatoms. The normalized spacial score (nSPS) is 19.1. The monoisotopic (exact) mass is 471 g/mol. The first-order valence-electron chi connectivity index (χ1n) is 9.80.